The predicted molar refractivity (Wildman–Crippen MR) is 61.3 cm³/mol. The predicted octanol–water partition coefficient (Wildman–Crippen LogP) is 1.50. The lowest BCUT2D eigenvalue weighted by atomic mass is 10.1. The van der Waals surface area contributed by atoms with Gasteiger partial charge in [0.2, 0.25) is 0 Å². The molecule has 5 heteroatoms. The standard InChI is InChI=1S/C12H12N2O3/c13-5-2-6-14-7-8-17-11-9(12(15)16)3-1-4-10(11)14/h1,3-4H,2,6-8H2,(H,15,16). The molecule has 88 valence electrons. The van der Waals surface area contributed by atoms with Crippen molar-refractivity contribution in [2.75, 3.05) is 24.6 Å². The van der Waals surface area contributed by atoms with Gasteiger partial charge >= 0.3 is 5.97 Å². The monoisotopic (exact) mass is 232 g/mol. The van der Waals surface area contributed by atoms with Gasteiger partial charge in [0.05, 0.1) is 24.7 Å². The lowest BCUT2D eigenvalue weighted by molar-refractivity contribution is 0.0692. The highest BCUT2D eigenvalue weighted by Crippen LogP contribution is 2.34. The summed E-state index contributed by atoms with van der Waals surface area (Å²) in [5.74, 6) is -0.590. The van der Waals surface area contributed by atoms with E-state index < -0.39 is 5.97 Å². The summed E-state index contributed by atoms with van der Waals surface area (Å²) >= 11 is 0. The molecular formula is C12H12N2O3. The Morgan fingerprint density at radius 2 is 2.41 bits per heavy atom. The molecular weight excluding hydrogens is 220 g/mol. The minimum atomic E-state index is -0.996. The number of carboxylic acid groups (broad SMARTS) is 1. The molecule has 17 heavy (non-hydrogen) atoms. The van der Waals surface area contributed by atoms with Crippen molar-refractivity contribution in [1.82, 2.24) is 0 Å². The second-order valence-electron chi connectivity index (χ2n) is 3.70. The summed E-state index contributed by atoms with van der Waals surface area (Å²) < 4.78 is 5.42. The van der Waals surface area contributed by atoms with Gasteiger partial charge in [-0.1, -0.05) is 6.07 Å². The summed E-state index contributed by atoms with van der Waals surface area (Å²) in [5, 5.41) is 17.6. The van der Waals surface area contributed by atoms with Crippen LogP contribution >= 0.6 is 0 Å². The number of ether oxygens (including phenoxy) is 1. The fourth-order valence-corrected chi connectivity index (χ4v) is 1.89. The topological polar surface area (TPSA) is 73.6 Å². The molecule has 0 spiro atoms. The van der Waals surface area contributed by atoms with E-state index >= 15 is 0 Å². The van der Waals surface area contributed by atoms with Gasteiger partial charge in [-0.05, 0) is 12.1 Å². The Morgan fingerprint density at radius 3 is 3.12 bits per heavy atom. The third kappa shape index (κ3) is 2.16. The number of nitrogens with zero attached hydrogens (tertiary/aromatic N) is 2. The van der Waals surface area contributed by atoms with Gasteiger partial charge in [-0.3, -0.25) is 0 Å². The molecule has 0 radical (unpaired) electrons. The Morgan fingerprint density at radius 1 is 1.59 bits per heavy atom. The number of benzene rings is 1. The number of nitriles is 1. The number of anilines is 1. The highest BCUT2D eigenvalue weighted by atomic mass is 16.5. The van der Waals surface area contributed by atoms with Crippen molar-refractivity contribution in [2.45, 2.75) is 6.42 Å². The molecule has 0 atom stereocenters. The summed E-state index contributed by atoms with van der Waals surface area (Å²) in [6.45, 7) is 1.72. The van der Waals surface area contributed by atoms with Gasteiger partial charge in [-0.2, -0.15) is 5.26 Å². The van der Waals surface area contributed by atoms with E-state index in [-0.39, 0.29) is 5.56 Å². The molecule has 0 unspecified atom stereocenters. The van der Waals surface area contributed by atoms with Crippen LogP contribution in [0.25, 0.3) is 0 Å². The Labute approximate surface area is 98.8 Å². The van der Waals surface area contributed by atoms with Crippen molar-refractivity contribution in [3.8, 4) is 11.8 Å². The molecule has 5 nitrogen and oxygen atoms in total. The van der Waals surface area contributed by atoms with E-state index in [4.69, 9.17) is 15.1 Å². The third-order valence-corrected chi connectivity index (χ3v) is 2.67. The van der Waals surface area contributed by atoms with Crippen molar-refractivity contribution < 1.29 is 14.6 Å². The fraction of sp³-hybridized carbons (Fsp3) is 0.333. The van der Waals surface area contributed by atoms with E-state index in [0.717, 1.165) is 5.69 Å². The average Bonchev–Trinajstić information content (AvgIpc) is 2.35. The Balaban J connectivity index is 2.36. The van der Waals surface area contributed by atoms with Crippen molar-refractivity contribution in [2.24, 2.45) is 0 Å². The lowest BCUT2D eigenvalue weighted by Crippen LogP contribution is -2.34. The van der Waals surface area contributed by atoms with Gasteiger partial charge in [0, 0.05) is 6.54 Å². The number of carboxylic acids is 1. The number of hydrogen-bond acceptors (Lipinski definition) is 4. The zero-order valence-electron chi connectivity index (χ0n) is 9.22. The second-order valence-corrected chi connectivity index (χ2v) is 3.70. The molecule has 2 rings (SSSR count). The van der Waals surface area contributed by atoms with E-state index in [1.54, 1.807) is 6.07 Å². The first kappa shape index (κ1) is 11.3. The van der Waals surface area contributed by atoms with Crippen LogP contribution < -0.4 is 9.64 Å². The molecule has 1 N–H and O–H groups in total. The fourth-order valence-electron chi connectivity index (χ4n) is 1.89. The number of carbonyl (C=O) groups is 1. The van der Waals surface area contributed by atoms with Crippen molar-refractivity contribution in [1.29, 1.82) is 5.26 Å². The van der Waals surface area contributed by atoms with Crippen LogP contribution in [0.2, 0.25) is 0 Å². The van der Waals surface area contributed by atoms with Crippen LogP contribution in [0.5, 0.6) is 5.75 Å². The number of fused-ring (bicyclic) bond motifs is 1. The summed E-state index contributed by atoms with van der Waals surface area (Å²) in [4.78, 5) is 13.0. The summed E-state index contributed by atoms with van der Waals surface area (Å²) in [5.41, 5.74) is 0.926. The van der Waals surface area contributed by atoms with Gasteiger partial charge in [0.25, 0.3) is 0 Å². The number of aromatic carboxylic acids is 1. The normalized spacial score (nSPS) is 13.5. The molecule has 0 fully saturated rings. The summed E-state index contributed by atoms with van der Waals surface area (Å²) in [6.07, 6.45) is 0.413. The van der Waals surface area contributed by atoms with Crippen LogP contribution in [-0.2, 0) is 0 Å². The molecule has 1 aromatic rings. The quantitative estimate of drug-likeness (QED) is 0.854. The van der Waals surface area contributed by atoms with Crippen LogP contribution in [0.15, 0.2) is 18.2 Å². The van der Waals surface area contributed by atoms with Crippen LogP contribution in [0.3, 0.4) is 0 Å². The average molecular weight is 232 g/mol. The third-order valence-electron chi connectivity index (χ3n) is 2.67. The van der Waals surface area contributed by atoms with E-state index in [9.17, 15) is 4.79 Å². The largest absolute Gasteiger partial charge is 0.489 e. The Kier molecular flexibility index (Phi) is 3.15. The minimum absolute atomic E-state index is 0.171. The SMILES string of the molecule is N#CCCN1CCOc2c(C(=O)O)cccc21. The van der Waals surface area contributed by atoms with Crippen LogP contribution in [-0.4, -0.2) is 30.8 Å². The Hall–Kier alpha value is -2.22. The van der Waals surface area contributed by atoms with Gasteiger partial charge in [0.15, 0.2) is 5.75 Å². The molecule has 0 saturated carbocycles. The summed E-state index contributed by atoms with van der Waals surface area (Å²) in [6, 6.07) is 7.12. The van der Waals surface area contributed by atoms with Gasteiger partial charge in [0.1, 0.15) is 12.2 Å². The molecule has 0 aliphatic carbocycles. The maximum absolute atomic E-state index is 11.0. The maximum atomic E-state index is 11.0. The highest BCUT2D eigenvalue weighted by molar-refractivity contribution is 5.93. The lowest BCUT2D eigenvalue weighted by Gasteiger charge is -2.31. The second kappa shape index (κ2) is 4.74. The first-order valence-corrected chi connectivity index (χ1v) is 5.35. The van der Waals surface area contributed by atoms with E-state index in [0.29, 0.717) is 31.9 Å². The van der Waals surface area contributed by atoms with E-state index in [1.165, 1.54) is 6.07 Å². The molecule has 1 aromatic carbocycles. The smallest absolute Gasteiger partial charge is 0.339 e. The molecule has 1 aliphatic rings. The van der Waals surface area contributed by atoms with Gasteiger partial charge in [-0.25, -0.2) is 4.79 Å². The number of rotatable bonds is 3. The highest BCUT2D eigenvalue weighted by Gasteiger charge is 2.23. The summed E-state index contributed by atoms with van der Waals surface area (Å²) in [7, 11) is 0. The van der Waals surface area contributed by atoms with Gasteiger partial charge < -0.3 is 14.7 Å². The van der Waals surface area contributed by atoms with Crippen LogP contribution in [0, 0.1) is 11.3 Å². The molecule has 0 amide bonds. The molecule has 1 aliphatic heterocycles. The first-order chi connectivity index (χ1) is 8.24. The molecule has 0 bridgehead atoms. The van der Waals surface area contributed by atoms with E-state index in [2.05, 4.69) is 6.07 Å². The van der Waals surface area contributed by atoms with E-state index in [1.807, 2.05) is 11.0 Å². The number of para-hydroxylation sites is 1. The molecule has 0 saturated heterocycles. The van der Waals surface area contributed by atoms with Crippen molar-refractivity contribution in [3.05, 3.63) is 23.8 Å². The Bertz CT molecular complexity index is 479. The maximum Gasteiger partial charge on any atom is 0.339 e. The van der Waals surface area contributed by atoms with Crippen LogP contribution in [0.1, 0.15) is 16.8 Å². The zero-order chi connectivity index (χ0) is 12.3. The van der Waals surface area contributed by atoms with Crippen LogP contribution in [0.4, 0.5) is 5.69 Å². The molecule has 1 heterocycles. The van der Waals surface area contributed by atoms with Crippen molar-refractivity contribution in [3.63, 3.8) is 0 Å². The molecule has 0 aromatic heterocycles. The number of hydrogen-bond donors (Lipinski definition) is 1. The zero-order valence-corrected chi connectivity index (χ0v) is 9.22. The van der Waals surface area contributed by atoms with Gasteiger partial charge in [-0.15, -0.1) is 0 Å². The first-order valence-electron chi connectivity index (χ1n) is 5.35. The van der Waals surface area contributed by atoms with Crippen molar-refractivity contribution >= 4 is 11.7 Å². The minimum Gasteiger partial charge on any atom is -0.489 e.